The second kappa shape index (κ2) is 11.4. The minimum Gasteiger partial charge on any atom is -0.339 e. The van der Waals surface area contributed by atoms with Gasteiger partial charge in [0.05, 0.1) is 5.92 Å². The van der Waals surface area contributed by atoms with E-state index in [0.717, 1.165) is 34.6 Å². The third-order valence-electron chi connectivity index (χ3n) is 8.19. The summed E-state index contributed by atoms with van der Waals surface area (Å²) >= 11 is 0. The van der Waals surface area contributed by atoms with E-state index < -0.39 is 35.9 Å². The summed E-state index contributed by atoms with van der Waals surface area (Å²) in [6.45, 7) is 5.95. The fraction of sp³-hybridized carbons (Fsp3) is 0.433. The van der Waals surface area contributed by atoms with Gasteiger partial charge in [-0.2, -0.15) is 13.2 Å². The number of aromatic nitrogens is 2. The maximum absolute atomic E-state index is 13.6. The Morgan fingerprint density at radius 3 is 2.42 bits per heavy atom. The molecule has 212 valence electrons. The summed E-state index contributed by atoms with van der Waals surface area (Å²) in [5, 5.41) is 9.03. The quantitative estimate of drug-likeness (QED) is 0.383. The molecule has 1 fully saturated rings. The molecule has 7 nitrogen and oxygen atoms in total. The molecule has 10 heteroatoms. The number of anilines is 1. The number of pyridine rings is 1. The Morgan fingerprint density at radius 2 is 1.75 bits per heavy atom. The fourth-order valence-electron chi connectivity index (χ4n) is 6.00. The van der Waals surface area contributed by atoms with Crippen LogP contribution in [0, 0.1) is 25.7 Å². The normalized spacial score (nSPS) is 19.9. The van der Waals surface area contributed by atoms with Gasteiger partial charge in [0.1, 0.15) is 11.7 Å². The Kier molecular flexibility index (Phi) is 7.98. The number of alkyl halides is 3. The molecule has 1 saturated carbocycles. The lowest BCUT2D eigenvalue weighted by molar-refractivity contribution is -0.184. The molecular formula is C30H34F3N5O2. The predicted octanol–water partition coefficient (Wildman–Crippen LogP) is 5.38. The van der Waals surface area contributed by atoms with Crippen LogP contribution in [-0.4, -0.2) is 40.1 Å². The number of aryl methyl sites for hydroxylation is 2. The van der Waals surface area contributed by atoms with Gasteiger partial charge < -0.3 is 20.5 Å². The van der Waals surface area contributed by atoms with Crippen LogP contribution in [0.3, 0.4) is 0 Å². The van der Waals surface area contributed by atoms with Crippen LogP contribution < -0.4 is 16.0 Å². The first-order valence-corrected chi connectivity index (χ1v) is 13.7. The van der Waals surface area contributed by atoms with Crippen LogP contribution in [0.1, 0.15) is 53.1 Å². The van der Waals surface area contributed by atoms with E-state index in [1.165, 1.54) is 0 Å². The zero-order valence-electron chi connectivity index (χ0n) is 22.6. The van der Waals surface area contributed by atoms with Crippen LogP contribution in [0.5, 0.6) is 0 Å². The van der Waals surface area contributed by atoms with Crippen LogP contribution in [0.25, 0.3) is 11.1 Å². The molecule has 1 atom stereocenters. The van der Waals surface area contributed by atoms with Crippen molar-refractivity contribution in [1.29, 1.82) is 0 Å². The summed E-state index contributed by atoms with van der Waals surface area (Å²) in [6.07, 6.45) is -2.19. The Hall–Kier alpha value is -3.66. The molecule has 40 heavy (non-hydrogen) atoms. The van der Waals surface area contributed by atoms with Crippen molar-refractivity contribution in [3.8, 4) is 11.1 Å². The lowest BCUT2D eigenvalue weighted by atomic mass is 9.78. The smallest absolute Gasteiger partial charge is 0.339 e. The number of carbonyl (C=O) groups is 2. The van der Waals surface area contributed by atoms with E-state index in [4.69, 9.17) is 0 Å². The lowest BCUT2D eigenvalue weighted by Gasteiger charge is -2.34. The van der Waals surface area contributed by atoms with Crippen LogP contribution in [0.2, 0.25) is 0 Å². The molecule has 5 rings (SSSR count). The summed E-state index contributed by atoms with van der Waals surface area (Å²) in [5.74, 6) is -2.61. The highest BCUT2D eigenvalue weighted by atomic mass is 19.4. The van der Waals surface area contributed by atoms with Crippen molar-refractivity contribution >= 4 is 17.5 Å². The van der Waals surface area contributed by atoms with Gasteiger partial charge in [0.25, 0.3) is 5.91 Å². The summed E-state index contributed by atoms with van der Waals surface area (Å²) in [6, 6.07) is 12.0. The lowest BCUT2D eigenvalue weighted by Crippen LogP contribution is -2.50. The molecular weight excluding hydrogens is 519 g/mol. The first-order chi connectivity index (χ1) is 19.1. The molecule has 3 heterocycles. The van der Waals surface area contributed by atoms with E-state index in [9.17, 15) is 22.8 Å². The third kappa shape index (κ3) is 5.91. The van der Waals surface area contributed by atoms with Crippen molar-refractivity contribution in [2.75, 3.05) is 11.9 Å². The Balaban J connectivity index is 1.34. The van der Waals surface area contributed by atoms with Crippen molar-refractivity contribution in [3.05, 3.63) is 71.3 Å². The molecule has 3 aromatic rings. The van der Waals surface area contributed by atoms with Crippen LogP contribution in [-0.2, 0) is 17.9 Å². The van der Waals surface area contributed by atoms with Crippen molar-refractivity contribution < 1.29 is 22.8 Å². The van der Waals surface area contributed by atoms with Gasteiger partial charge in [-0.3, -0.25) is 14.6 Å². The minimum atomic E-state index is -4.25. The van der Waals surface area contributed by atoms with Gasteiger partial charge in [0.2, 0.25) is 5.91 Å². The number of hydrogen-bond donors (Lipinski definition) is 3. The third-order valence-corrected chi connectivity index (χ3v) is 8.19. The number of carbonyl (C=O) groups excluding carboxylic acids is 2. The van der Waals surface area contributed by atoms with Gasteiger partial charge in [0.15, 0.2) is 0 Å². The summed E-state index contributed by atoms with van der Waals surface area (Å²) in [4.78, 5) is 31.3. The maximum atomic E-state index is 13.6. The van der Waals surface area contributed by atoms with E-state index >= 15 is 0 Å². The van der Waals surface area contributed by atoms with E-state index in [-0.39, 0.29) is 25.7 Å². The Bertz CT molecular complexity index is 1350. The molecule has 2 aliphatic rings. The Morgan fingerprint density at radius 1 is 1.02 bits per heavy atom. The molecule has 1 unspecified atom stereocenters. The van der Waals surface area contributed by atoms with Gasteiger partial charge in [-0.05, 0) is 86.9 Å². The molecule has 0 radical (unpaired) electrons. The van der Waals surface area contributed by atoms with Crippen molar-refractivity contribution in [3.63, 3.8) is 0 Å². The number of nitrogens with zero attached hydrogens (tertiary/aromatic N) is 2. The molecule has 3 N–H and O–H groups in total. The highest BCUT2D eigenvalue weighted by molar-refractivity contribution is 6.01. The maximum Gasteiger partial charge on any atom is 0.391 e. The second-order valence-corrected chi connectivity index (χ2v) is 10.8. The highest BCUT2D eigenvalue weighted by Crippen LogP contribution is 2.40. The molecule has 1 aromatic carbocycles. The van der Waals surface area contributed by atoms with E-state index in [2.05, 4.69) is 20.9 Å². The molecule has 0 bridgehead atoms. The molecule has 1 aliphatic carbocycles. The number of amides is 2. The van der Waals surface area contributed by atoms with Gasteiger partial charge in [-0.25, -0.2) is 0 Å². The molecule has 2 amide bonds. The topological polar surface area (TPSA) is 88.1 Å². The van der Waals surface area contributed by atoms with Crippen LogP contribution in [0.15, 0.2) is 48.7 Å². The van der Waals surface area contributed by atoms with Gasteiger partial charge >= 0.3 is 6.18 Å². The first-order valence-electron chi connectivity index (χ1n) is 13.7. The van der Waals surface area contributed by atoms with E-state index in [1.807, 2.05) is 42.7 Å². The van der Waals surface area contributed by atoms with Crippen molar-refractivity contribution in [1.82, 2.24) is 20.2 Å². The highest BCUT2D eigenvalue weighted by Gasteiger charge is 2.44. The molecule has 1 aliphatic heterocycles. The van der Waals surface area contributed by atoms with E-state index in [1.54, 1.807) is 24.4 Å². The zero-order chi connectivity index (χ0) is 28.4. The number of benzene rings is 1. The SMILES string of the molecule is Cc1ccnc(C)c1-c1ccc(NC(=O)C(NC(=O)c2ccc3n2CCNC3)C2CCC(C(F)(F)F)CC2)cc1. The monoisotopic (exact) mass is 553 g/mol. The van der Waals surface area contributed by atoms with Crippen molar-refractivity contribution in [2.24, 2.45) is 11.8 Å². The minimum absolute atomic E-state index is 0.0570. The molecule has 0 saturated heterocycles. The summed E-state index contributed by atoms with van der Waals surface area (Å²) < 4.78 is 41.9. The second-order valence-electron chi connectivity index (χ2n) is 10.8. The summed E-state index contributed by atoms with van der Waals surface area (Å²) in [7, 11) is 0. The fourth-order valence-corrected chi connectivity index (χ4v) is 6.00. The number of nitrogens with one attached hydrogen (secondary N) is 3. The summed E-state index contributed by atoms with van der Waals surface area (Å²) in [5.41, 5.74) is 5.94. The standard InChI is InChI=1S/C30H34F3N5O2/c1-18-13-14-35-19(2)26(18)20-5-9-23(10-6-20)36-29(40)27(21-3-7-22(8-4-21)30(31,32)33)37-28(39)25-12-11-24-17-34-15-16-38(24)25/h5-6,9-14,21-22,27,34H,3-4,7-8,15-17H2,1-2H3,(H,36,40)(H,37,39). The van der Waals surface area contributed by atoms with Gasteiger partial charge in [0, 0.05) is 48.5 Å². The zero-order valence-corrected chi connectivity index (χ0v) is 22.6. The Labute approximate surface area is 231 Å². The van der Waals surface area contributed by atoms with Crippen LogP contribution >= 0.6 is 0 Å². The predicted molar refractivity (Wildman–Crippen MR) is 147 cm³/mol. The first kappa shape index (κ1) is 27.9. The number of fused-ring (bicyclic) bond motifs is 1. The number of halogens is 3. The molecule has 0 spiro atoms. The average molecular weight is 554 g/mol. The molecule has 2 aromatic heterocycles. The average Bonchev–Trinajstić information content (AvgIpc) is 3.36. The van der Waals surface area contributed by atoms with Crippen molar-refractivity contribution in [2.45, 2.75) is 64.8 Å². The number of rotatable bonds is 6. The van der Waals surface area contributed by atoms with Gasteiger partial charge in [-0.1, -0.05) is 12.1 Å². The van der Waals surface area contributed by atoms with Crippen LogP contribution in [0.4, 0.5) is 18.9 Å². The largest absolute Gasteiger partial charge is 0.391 e. The van der Waals surface area contributed by atoms with E-state index in [0.29, 0.717) is 24.5 Å². The number of hydrogen-bond acceptors (Lipinski definition) is 4. The van der Waals surface area contributed by atoms with Gasteiger partial charge in [-0.15, -0.1) is 0 Å².